The van der Waals surface area contributed by atoms with Crippen LogP contribution >= 0.6 is 0 Å². The lowest BCUT2D eigenvalue weighted by Crippen LogP contribution is -2.18. The van der Waals surface area contributed by atoms with Gasteiger partial charge in [-0.1, -0.05) is 54.1 Å². The molecule has 0 saturated heterocycles. The Morgan fingerprint density at radius 3 is 2.28 bits per heavy atom. The highest BCUT2D eigenvalue weighted by molar-refractivity contribution is 5.28. The summed E-state index contributed by atoms with van der Waals surface area (Å²) >= 11 is 0. The predicted octanol–water partition coefficient (Wildman–Crippen LogP) is 4.15. The first-order valence-corrected chi connectivity index (χ1v) is 6.51. The molecule has 1 heteroatoms. The van der Waals surface area contributed by atoms with Crippen molar-refractivity contribution in [1.29, 1.82) is 0 Å². The van der Waals surface area contributed by atoms with Crippen molar-refractivity contribution in [3.8, 4) is 0 Å². The van der Waals surface area contributed by atoms with E-state index in [1.54, 1.807) is 0 Å². The molecule has 0 spiro atoms. The van der Waals surface area contributed by atoms with Gasteiger partial charge in [-0.3, -0.25) is 0 Å². The SMILES string of the molecule is Cc1ccc(CN[C@H](C)c2ccccc2C)cc1. The van der Waals surface area contributed by atoms with Gasteiger partial charge in [0.15, 0.2) is 0 Å². The number of nitrogens with one attached hydrogen (secondary N) is 1. The fourth-order valence-corrected chi connectivity index (χ4v) is 2.16. The first kappa shape index (κ1) is 12.8. The number of hydrogen-bond donors (Lipinski definition) is 1. The fourth-order valence-electron chi connectivity index (χ4n) is 2.16. The molecular formula is C17H21N. The first-order chi connectivity index (χ1) is 8.66. The van der Waals surface area contributed by atoms with Crippen LogP contribution in [0, 0.1) is 13.8 Å². The van der Waals surface area contributed by atoms with Crippen LogP contribution in [0.15, 0.2) is 48.5 Å². The van der Waals surface area contributed by atoms with Crippen LogP contribution in [-0.2, 0) is 6.54 Å². The van der Waals surface area contributed by atoms with Gasteiger partial charge in [0.1, 0.15) is 0 Å². The summed E-state index contributed by atoms with van der Waals surface area (Å²) in [7, 11) is 0. The zero-order chi connectivity index (χ0) is 13.0. The maximum Gasteiger partial charge on any atom is 0.0297 e. The Labute approximate surface area is 110 Å². The summed E-state index contributed by atoms with van der Waals surface area (Å²) in [5.74, 6) is 0. The molecule has 2 aromatic rings. The highest BCUT2D eigenvalue weighted by Crippen LogP contribution is 2.17. The number of aryl methyl sites for hydroxylation is 2. The summed E-state index contributed by atoms with van der Waals surface area (Å²) in [6, 6.07) is 17.6. The molecule has 0 aliphatic carbocycles. The molecule has 1 nitrogen and oxygen atoms in total. The standard InChI is InChI=1S/C17H21N/c1-13-8-10-16(11-9-13)12-18-15(3)17-7-5-4-6-14(17)2/h4-11,15,18H,12H2,1-3H3/t15-/m1/s1. The number of hydrogen-bond acceptors (Lipinski definition) is 1. The molecule has 1 N–H and O–H groups in total. The van der Waals surface area contributed by atoms with Crippen LogP contribution in [-0.4, -0.2) is 0 Å². The third-order valence-electron chi connectivity index (χ3n) is 3.39. The summed E-state index contributed by atoms with van der Waals surface area (Å²) < 4.78 is 0. The molecule has 2 aromatic carbocycles. The van der Waals surface area contributed by atoms with Crippen LogP contribution in [0.3, 0.4) is 0 Å². The van der Waals surface area contributed by atoms with E-state index in [0.717, 1.165) is 6.54 Å². The average molecular weight is 239 g/mol. The molecule has 2 rings (SSSR count). The molecule has 0 bridgehead atoms. The maximum atomic E-state index is 3.58. The minimum absolute atomic E-state index is 0.382. The smallest absolute Gasteiger partial charge is 0.0297 e. The normalized spacial score (nSPS) is 12.4. The van der Waals surface area contributed by atoms with E-state index < -0.39 is 0 Å². The average Bonchev–Trinajstić information content (AvgIpc) is 2.38. The van der Waals surface area contributed by atoms with Crippen LogP contribution in [0.4, 0.5) is 0 Å². The Kier molecular flexibility index (Phi) is 4.16. The van der Waals surface area contributed by atoms with Crippen molar-refractivity contribution in [2.45, 2.75) is 33.4 Å². The molecule has 1 atom stereocenters. The van der Waals surface area contributed by atoms with Crippen molar-refractivity contribution >= 4 is 0 Å². The minimum atomic E-state index is 0.382. The highest BCUT2D eigenvalue weighted by atomic mass is 14.9. The van der Waals surface area contributed by atoms with Crippen LogP contribution in [0.1, 0.15) is 35.2 Å². The third-order valence-corrected chi connectivity index (χ3v) is 3.39. The molecule has 0 aromatic heterocycles. The molecular weight excluding hydrogens is 218 g/mol. The number of benzene rings is 2. The Hall–Kier alpha value is -1.60. The molecule has 94 valence electrons. The van der Waals surface area contributed by atoms with Gasteiger partial charge in [0.05, 0.1) is 0 Å². The molecule has 18 heavy (non-hydrogen) atoms. The maximum absolute atomic E-state index is 3.58. The second-order valence-electron chi connectivity index (χ2n) is 4.94. The zero-order valence-corrected chi connectivity index (χ0v) is 11.4. The molecule has 0 aliphatic rings. The quantitative estimate of drug-likeness (QED) is 0.845. The molecule has 0 fully saturated rings. The Morgan fingerprint density at radius 1 is 0.944 bits per heavy atom. The summed E-state index contributed by atoms with van der Waals surface area (Å²) in [6.45, 7) is 7.42. The van der Waals surface area contributed by atoms with E-state index in [1.807, 2.05) is 0 Å². The summed E-state index contributed by atoms with van der Waals surface area (Å²) in [6.07, 6.45) is 0. The fraction of sp³-hybridized carbons (Fsp3) is 0.294. The zero-order valence-electron chi connectivity index (χ0n) is 11.4. The van der Waals surface area contributed by atoms with E-state index in [-0.39, 0.29) is 0 Å². The van der Waals surface area contributed by atoms with E-state index in [2.05, 4.69) is 74.6 Å². The van der Waals surface area contributed by atoms with E-state index in [4.69, 9.17) is 0 Å². The summed E-state index contributed by atoms with van der Waals surface area (Å²) in [5, 5.41) is 3.58. The monoisotopic (exact) mass is 239 g/mol. The van der Waals surface area contributed by atoms with Crippen LogP contribution in [0.25, 0.3) is 0 Å². The van der Waals surface area contributed by atoms with Crippen molar-refractivity contribution < 1.29 is 0 Å². The van der Waals surface area contributed by atoms with Gasteiger partial charge in [0, 0.05) is 12.6 Å². The molecule has 0 radical (unpaired) electrons. The van der Waals surface area contributed by atoms with Crippen molar-refractivity contribution in [1.82, 2.24) is 5.32 Å². The second-order valence-corrected chi connectivity index (χ2v) is 4.94. The van der Waals surface area contributed by atoms with Crippen molar-refractivity contribution in [3.05, 3.63) is 70.8 Å². The molecule has 0 amide bonds. The van der Waals surface area contributed by atoms with Crippen molar-refractivity contribution in [3.63, 3.8) is 0 Å². The topological polar surface area (TPSA) is 12.0 Å². The Bertz CT molecular complexity index is 499. The molecule has 0 unspecified atom stereocenters. The largest absolute Gasteiger partial charge is 0.306 e. The molecule has 0 aliphatic heterocycles. The van der Waals surface area contributed by atoms with Crippen LogP contribution in [0.2, 0.25) is 0 Å². The number of rotatable bonds is 4. The van der Waals surface area contributed by atoms with Gasteiger partial charge < -0.3 is 5.32 Å². The third kappa shape index (κ3) is 3.21. The van der Waals surface area contributed by atoms with Gasteiger partial charge in [0.2, 0.25) is 0 Å². The lowest BCUT2D eigenvalue weighted by atomic mass is 10.0. The van der Waals surface area contributed by atoms with Gasteiger partial charge >= 0.3 is 0 Å². The summed E-state index contributed by atoms with van der Waals surface area (Å²) in [4.78, 5) is 0. The van der Waals surface area contributed by atoms with Gasteiger partial charge in [-0.15, -0.1) is 0 Å². The first-order valence-electron chi connectivity index (χ1n) is 6.51. The second kappa shape index (κ2) is 5.83. The van der Waals surface area contributed by atoms with Crippen LogP contribution in [0.5, 0.6) is 0 Å². The van der Waals surface area contributed by atoms with Gasteiger partial charge in [0.25, 0.3) is 0 Å². The Morgan fingerprint density at radius 2 is 1.61 bits per heavy atom. The lowest BCUT2D eigenvalue weighted by molar-refractivity contribution is 0.572. The minimum Gasteiger partial charge on any atom is -0.306 e. The van der Waals surface area contributed by atoms with Crippen molar-refractivity contribution in [2.24, 2.45) is 0 Å². The van der Waals surface area contributed by atoms with E-state index in [9.17, 15) is 0 Å². The van der Waals surface area contributed by atoms with E-state index in [0.29, 0.717) is 6.04 Å². The lowest BCUT2D eigenvalue weighted by Gasteiger charge is -2.16. The van der Waals surface area contributed by atoms with E-state index >= 15 is 0 Å². The molecule has 0 saturated carbocycles. The Balaban J connectivity index is 1.98. The summed E-state index contributed by atoms with van der Waals surface area (Å²) in [5.41, 5.74) is 5.37. The van der Waals surface area contributed by atoms with Crippen LogP contribution < -0.4 is 5.32 Å². The predicted molar refractivity (Wildman–Crippen MR) is 77.6 cm³/mol. The van der Waals surface area contributed by atoms with Gasteiger partial charge in [-0.2, -0.15) is 0 Å². The van der Waals surface area contributed by atoms with Gasteiger partial charge in [-0.25, -0.2) is 0 Å². The van der Waals surface area contributed by atoms with E-state index in [1.165, 1.54) is 22.3 Å². The van der Waals surface area contributed by atoms with Crippen molar-refractivity contribution in [2.75, 3.05) is 0 Å². The molecule has 0 heterocycles. The van der Waals surface area contributed by atoms with Gasteiger partial charge in [-0.05, 0) is 37.5 Å². The highest BCUT2D eigenvalue weighted by Gasteiger charge is 2.06.